The number of carboxylic acid groups (broad SMARTS) is 1. The number of aliphatic carboxylic acids is 1. The molecule has 160 valence electrons. The molecule has 0 amide bonds. The van der Waals surface area contributed by atoms with Crippen molar-refractivity contribution in [3.63, 3.8) is 0 Å². The Balaban J connectivity index is 1.90. The summed E-state index contributed by atoms with van der Waals surface area (Å²) in [4.78, 5) is 21.8. The minimum Gasteiger partial charge on any atom is -0.495 e. The van der Waals surface area contributed by atoms with Crippen LogP contribution in [0.1, 0.15) is 24.0 Å². The third-order valence-electron chi connectivity index (χ3n) is 4.71. The van der Waals surface area contributed by atoms with Gasteiger partial charge in [0.2, 0.25) is 5.95 Å². The molecule has 31 heavy (non-hydrogen) atoms. The lowest BCUT2D eigenvalue weighted by molar-refractivity contribution is -0.137. The monoisotopic (exact) mass is 439 g/mol. The zero-order valence-corrected chi connectivity index (χ0v) is 18.0. The summed E-state index contributed by atoms with van der Waals surface area (Å²) >= 11 is 6.22. The number of nitrogens with zero attached hydrogens (tertiary/aromatic N) is 4. The fraction of sp³-hybridized carbons (Fsp3) is 0.273. The van der Waals surface area contributed by atoms with Crippen molar-refractivity contribution in [2.24, 2.45) is 0 Å². The van der Waals surface area contributed by atoms with Gasteiger partial charge in [0.25, 0.3) is 0 Å². The number of fused-ring (bicyclic) bond motifs is 1. The number of hydrogen-bond acceptors (Lipinski definition) is 7. The van der Waals surface area contributed by atoms with E-state index in [-0.39, 0.29) is 6.42 Å². The van der Waals surface area contributed by atoms with Gasteiger partial charge >= 0.3 is 5.97 Å². The van der Waals surface area contributed by atoms with Gasteiger partial charge in [0.15, 0.2) is 0 Å². The highest BCUT2D eigenvalue weighted by molar-refractivity contribution is 6.32. The Kier molecular flexibility index (Phi) is 7.11. The van der Waals surface area contributed by atoms with Crippen LogP contribution in [-0.4, -0.2) is 41.7 Å². The van der Waals surface area contributed by atoms with E-state index in [1.54, 1.807) is 31.4 Å². The van der Waals surface area contributed by atoms with Gasteiger partial charge in [-0.05, 0) is 42.3 Å². The van der Waals surface area contributed by atoms with E-state index >= 15 is 0 Å². The molecule has 0 radical (unpaired) electrons. The lowest BCUT2D eigenvalue weighted by Crippen LogP contribution is -2.22. The molecule has 0 saturated heterocycles. The Labute approximate surface area is 185 Å². The van der Waals surface area contributed by atoms with Crippen LogP contribution in [0.4, 0.5) is 11.8 Å². The molecular formula is C22H22ClN5O3. The Hall–Kier alpha value is -3.57. The van der Waals surface area contributed by atoms with E-state index < -0.39 is 5.97 Å². The highest BCUT2D eigenvalue weighted by Gasteiger charge is 2.13. The van der Waals surface area contributed by atoms with E-state index in [1.165, 1.54) is 0 Å². The standard InChI is InChI=1S/C22H22ClN5O3/c1-28(9-3-4-20(29)30)22-26-18-7-5-14(12-24)10-16(18)21(27-22)25-13-15-6-8-19(31-2)17(23)11-15/h5-8,10-11H,3-4,9,13H2,1-2H3,(H,29,30)(H,25,26,27). The lowest BCUT2D eigenvalue weighted by atomic mass is 10.1. The number of carboxylic acids is 1. The molecule has 0 saturated carbocycles. The maximum absolute atomic E-state index is 10.8. The van der Waals surface area contributed by atoms with Crippen LogP contribution in [0.25, 0.3) is 10.9 Å². The molecule has 8 nitrogen and oxygen atoms in total. The number of anilines is 2. The highest BCUT2D eigenvalue weighted by atomic mass is 35.5. The third-order valence-corrected chi connectivity index (χ3v) is 5.01. The quantitative estimate of drug-likeness (QED) is 0.513. The molecule has 0 fully saturated rings. The molecular weight excluding hydrogens is 418 g/mol. The molecule has 2 N–H and O–H groups in total. The van der Waals surface area contributed by atoms with Crippen LogP contribution < -0.4 is 15.0 Å². The molecule has 0 bridgehead atoms. The number of methoxy groups -OCH3 is 1. The van der Waals surface area contributed by atoms with Gasteiger partial charge < -0.3 is 20.1 Å². The Morgan fingerprint density at radius 3 is 2.77 bits per heavy atom. The summed E-state index contributed by atoms with van der Waals surface area (Å²) in [6.07, 6.45) is 0.556. The normalized spacial score (nSPS) is 10.5. The van der Waals surface area contributed by atoms with Gasteiger partial charge in [-0.3, -0.25) is 4.79 Å². The number of nitriles is 1. The summed E-state index contributed by atoms with van der Waals surface area (Å²) in [5.41, 5.74) is 2.13. The maximum Gasteiger partial charge on any atom is 0.303 e. The number of aromatic nitrogens is 2. The molecule has 3 aromatic rings. The molecule has 3 rings (SSSR count). The van der Waals surface area contributed by atoms with E-state index in [0.717, 1.165) is 10.9 Å². The van der Waals surface area contributed by atoms with E-state index in [4.69, 9.17) is 21.4 Å². The molecule has 0 atom stereocenters. The molecule has 0 spiro atoms. The predicted octanol–water partition coefficient (Wildman–Crippen LogP) is 4.08. The van der Waals surface area contributed by atoms with Crippen molar-refractivity contribution in [2.75, 3.05) is 30.9 Å². The number of nitrogens with one attached hydrogen (secondary N) is 1. The number of carbonyl (C=O) groups is 1. The second-order valence-corrected chi connectivity index (χ2v) is 7.36. The fourth-order valence-electron chi connectivity index (χ4n) is 3.06. The second kappa shape index (κ2) is 9.96. The van der Waals surface area contributed by atoms with Crippen molar-refractivity contribution in [3.05, 3.63) is 52.5 Å². The first-order valence-electron chi connectivity index (χ1n) is 9.62. The summed E-state index contributed by atoms with van der Waals surface area (Å²) in [6.45, 7) is 0.955. The Bertz CT molecular complexity index is 1150. The number of ether oxygens (including phenoxy) is 1. The molecule has 2 aromatic carbocycles. The first kappa shape index (κ1) is 22.1. The maximum atomic E-state index is 10.8. The van der Waals surface area contributed by atoms with Crippen LogP contribution in [0.15, 0.2) is 36.4 Å². The third kappa shape index (κ3) is 5.53. The van der Waals surface area contributed by atoms with Gasteiger partial charge in [0, 0.05) is 31.9 Å². The van der Waals surface area contributed by atoms with Crippen LogP contribution in [0.5, 0.6) is 5.75 Å². The Morgan fingerprint density at radius 2 is 2.10 bits per heavy atom. The minimum atomic E-state index is -0.836. The minimum absolute atomic E-state index is 0.0762. The summed E-state index contributed by atoms with van der Waals surface area (Å²) in [5, 5.41) is 22.7. The van der Waals surface area contributed by atoms with E-state index in [1.807, 2.05) is 24.1 Å². The SMILES string of the molecule is COc1ccc(CNc2nc(N(C)CCCC(=O)O)nc3ccc(C#N)cc23)cc1Cl. The zero-order valence-electron chi connectivity index (χ0n) is 17.2. The molecule has 9 heteroatoms. The number of rotatable bonds is 9. The summed E-state index contributed by atoms with van der Waals surface area (Å²) < 4.78 is 5.19. The van der Waals surface area contributed by atoms with Crippen LogP contribution in [0.3, 0.4) is 0 Å². The first-order chi connectivity index (χ1) is 14.9. The first-order valence-corrected chi connectivity index (χ1v) is 10.00. The van der Waals surface area contributed by atoms with Crippen LogP contribution >= 0.6 is 11.6 Å². The highest BCUT2D eigenvalue weighted by Crippen LogP contribution is 2.27. The predicted molar refractivity (Wildman–Crippen MR) is 120 cm³/mol. The van der Waals surface area contributed by atoms with Gasteiger partial charge in [0.05, 0.1) is 29.3 Å². The number of hydrogen-bond donors (Lipinski definition) is 2. The molecule has 1 heterocycles. The molecule has 0 aliphatic heterocycles. The van der Waals surface area contributed by atoms with Gasteiger partial charge in [-0.25, -0.2) is 4.98 Å². The molecule has 0 aliphatic carbocycles. The molecule has 0 unspecified atom stereocenters. The van der Waals surface area contributed by atoms with Crippen LogP contribution in [0, 0.1) is 11.3 Å². The molecule has 1 aromatic heterocycles. The van der Waals surface area contributed by atoms with Crippen molar-refractivity contribution >= 4 is 40.2 Å². The smallest absolute Gasteiger partial charge is 0.303 e. The zero-order chi connectivity index (χ0) is 22.4. The average Bonchev–Trinajstić information content (AvgIpc) is 2.76. The number of halogens is 1. The van der Waals surface area contributed by atoms with E-state index in [9.17, 15) is 10.1 Å². The fourth-order valence-corrected chi connectivity index (χ4v) is 3.34. The van der Waals surface area contributed by atoms with Crippen molar-refractivity contribution < 1.29 is 14.6 Å². The van der Waals surface area contributed by atoms with Crippen LogP contribution in [0.2, 0.25) is 5.02 Å². The number of benzene rings is 2. The van der Waals surface area contributed by atoms with Crippen LogP contribution in [-0.2, 0) is 11.3 Å². The summed E-state index contributed by atoms with van der Waals surface area (Å²) in [5.74, 6) is 0.811. The average molecular weight is 440 g/mol. The van der Waals surface area contributed by atoms with Gasteiger partial charge in [-0.15, -0.1) is 0 Å². The van der Waals surface area contributed by atoms with Gasteiger partial charge in [-0.1, -0.05) is 17.7 Å². The lowest BCUT2D eigenvalue weighted by Gasteiger charge is -2.19. The van der Waals surface area contributed by atoms with E-state index in [0.29, 0.717) is 53.1 Å². The molecule has 0 aliphatic rings. The van der Waals surface area contributed by atoms with Crippen molar-refractivity contribution in [1.29, 1.82) is 5.26 Å². The Morgan fingerprint density at radius 1 is 1.29 bits per heavy atom. The van der Waals surface area contributed by atoms with E-state index in [2.05, 4.69) is 21.4 Å². The van der Waals surface area contributed by atoms with Crippen molar-refractivity contribution in [3.8, 4) is 11.8 Å². The van der Waals surface area contributed by atoms with Gasteiger partial charge in [0.1, 0.15) is 11.6 Å². The van der Waals surface area contributed by atoms with Crippen molar-refractivity contribution in [2.45, 2.75) is 19.4 Å². The largest absolute Gasteiger partial charge is 0.495 e. The summed E-state index contributed by atoms with van der Waals surface area (Å²) in [7, 11) is 3.38. The second-order valence-electron chi connectivity index (χ2n) is 6.96. The topological polar surface area (TPSA) is 111 Å². The van der Waals surface area contributed by atoms with Gasteiger partial charge in [-0.2, -0.15) is 10.2 Å². The summed E-state index contributed by atoms with van der Waals surface area (Å²) in [6, 6.07) is 12.9. The van der Waals surface area contributed by atoms with Crippen molar-refractivity contribution in [1.82, 2.24) is 9.97 Å².